The fraction of sp³-hybridized carbons (Fsp3) is 0.133. The molecule has 0 spiro atoms. The van der Waals surface area contributed by atoms with Gasteiger partial charge in [-0.1, -0.05) is 23.7 Å². The first-order valence-electron chi connectivity index (χ1n) is 6.15. The Bertz CT molecular complexity index is 675. The summed E-state index contributed by atoms with van der Waals surface area (Å²) in [6, 6.07) is 12.7. The summed E-state index contributed by atoms with van der Waals surface area (Å²) in [5, 5.41) is 0.593. The fourth-order valence-electron chi connectivity index (χ4n) is 2.19. The molecule has 0 unspecified atom stereocenters. The van der Waals surface area contributed by atoms with E-state index in [0.717, 1.165) is 11.4 Å². The first kappa shape index (κ1) is 13.5. The van der Waals surface area contributed by atoms with E-state index in [1.54, 1.807) is 23.1 Å². The maximum atomic E-state index is 12.7. The van der Waals surface area contributed by atoms with Crippen molar-refractivity contribution in [3.63, 3.8) is 0 Å². The fourth-order valence-corrected chi connectivity index (χ4v) is 3.04. The van der Waals surface area contributed by atoms with Crippen LogP contribution in [0.15, 0.2) is 46.9 Å². The molecule has 5 heteroatoms. The number of ether oxygens (including phenoxy) is 1. The minimum absolute atomic E-state index is 0.0655. The summed E-state index contributed by atoms with van der Waals surface area (Å²) in [5.74, 6) is 0.668. The Morgan fingerprint density at radius 2 is 2.05 bits per heavy atom. The van der Waals surface area contributed by atoms with Gasteiger partial charge < -0.3 is 9.64 Å². The highest BCUT2D eigenvalue weighted by molar-refractivity contribution is 9.10. The molecule has 0 atom stereocenters. The SMILES string of the molecule is O=C(c1ccc(Cl)cc1Br)N1CCOc2ccccc21. The third-order valence-electron chi connectivity index (χ3n) is 3.14. The molecule has 1 heterocycles. The lowest BCUT2D eigenvalue weighted by Gasteiger charge is -2.29. The summed E-state index contributed by atoms with van der Waals surface area (Å²) in [7, 11) is 0. The average Bonchev–Trinajstić information content (AvgIpc) is 2.46. The molecule has 2 aromatic carbocycles. The number of carbonyl (C=O) groups excluding carboxylic acids is 1. The molecule has 3 rings (SSSR count). The lowest BCUT2D eigenvalue weighted by molar-refractivity contribution is 0.0976. The van der Waals surface area contributed by atoms with E-state index in [4.69, 9.17) is 16.3 Å². The summed E-state index contributed by atoms with van der Waals surface area (Å²) in [4.78, 5) is 14.4. The molecule has 0 N–H and O–H groups in total. The topological polar surface area (TPSA) is 29.5 Å². The van der Waals surface area contributed by atoms with Crippen LogP contribution in [0, 0.1) is 0 Å². The zero-order valence-electron chi connectivity index (χ0n) is 10.5. The number of halogens is 2. The highest BCUT2D eigenvalue weighted by atomic mass is 79.9. The van der Waals surface area contributed by atoms with E-state index >= 15 is 0 Å². The Kier molecular flexibility index (Phi) is 3.68. The van der Waals surface area contributed by atoms with Gasteiger partial charge >= 0.3 is 0 Å². The summed E-state index contributed by atoms with van der Waals surface area (Å²) in [6.45, 7) is 1.03. The van der Waals surface area contributed by atoms with Crippen LogP contribution in [0.25, 0.3) is 0 Å². The Morgan fingerprint density at radius 3 is 2.85 bits per heavy atom. The zero-order chi connectivity index (χ0) is 14.1. The van der Waals surface area contributed by atoms with Gasteiger partial charge in [0.15, 0.2) is 0 Å². The lowest BCUT2D eigenvalue weighted by atomic mass is 10.1. The second-order valence-electron chi connectivity index (χ2n) is 4.40. The standard InChI is InChI=1S/C15H11BrClNO2/c16-12-9-10(17)5-6-11(12)15(19)18-7-8-20-14-4-2-1-3-13(14)18/h1-6,9H,7-8H2. The highest BCUT2D eigenvalue weighted by Gasteiger charge is 2.25. The van der Waals surface area contributed by atoms with E-state index < -0.39 is 0 Å². The van der Waals surface area contributed by atoms with Crippen molar-refractivity contribution in [3.8, 4) is 5.75 Å². The number of carbonyl (C=O) groups is 1. The Morgan fingerprint density at radius 1 is 1.25 bits per heavy atom. The molecule has 0 fully saturated rings. The number of para-hydroxylation sites is 2. The van der Waals surface area contributed by atoms with E-state index in [1.807, 2.05) is 24.3 Å². The van der Waals surface area contributed by atoms with Crippen LogP contribution in [0.2, 0.25) is 5.02 Å². The van der Waals surface area contributed by atoms with Crippen LogP contribution >= 0.6 is 27.5 Å². The molecule has 3 nitrogen and oxygen atoms in total. The summed E-state index contributed by atoms with van der Waals surface area (Å²) in [6.07, 6.45) is 0. The molecule has 0 radical (unpaired) electrons. The van der Waals surface area contributed by atoms with Crippen molar-refractivity contribution in [2.75, 3.05) is 18.1 Å². The van der Waals surface area contributed by atoms with E-state index in [2.05, 4.69) is 15.9 Å². The maximum Gasteiger partial charge on any atom is 0.259 e. The molecular formula is C15H11BrClNO2. The molecule has 1 amide bonds. The van der Waals surface area contributed by atoms with E-state index in [9.17, 15) is 4.79 Å². The minimum Gasteiger partial charge on any atom is -0.490 e. The Labute approximate surface area is 130 Å². The van der Waals surface area contributed by atoms with Crippen LogP contribution in [0.5, 0.6) is 5.75 Å². The monoisotopic (exact) mass is 351 g/mol. The van der Waals surface area contributed by atoms with E-state index in [-0.39, 0.29) is 5.91 Å². The van der Waals surface area contributed by atoms with Gasteiger partial charge in [0.05, 0.1) is 17.8 Å². The molecule has 0 bridgehead atoms. The van der Waals surface area contributed by atoms with Crippen molar-refractivity contribution in [2.24, 2.45) is 0 Å². The molecule has 0 aromatic heterocycles. The van der Waals surface area contributed by atoms with Crippen LogP contribution < -0.4 is 9.64 Å². The van der Waals surface area contributed by atoms with Gasteiger partial charge in [0.1, 0.15) is 12.4 Å². The minimum atomic E-state index is -0.0655. The molecule has 0 saturated heterocycles. The Balaban J connectivity index is 2.00. The van der Waals surface area contributed by atoms with Crippen LogP contribution in [0.1, 0.15) is 10.4 Å². The molecule has 102 valence electrons. The molecule has 1 aliphatic rings. The normalized spacial score (nSPS) is 13.6. The first-order valence-corrected chi connectivity index (χ1v) is 7.32. The van der Waals surface area contributed by atoms with Gasteiger partial charge in [0, 0.05) is 9.50 Å². The zero-order valence-corrected chi connectivity index (χ0v) is 12.8. The number of fused-ring (bicyclic) bond motifs is 1. The Hall–Kier alpha value is -1.52. The lowest BCUT2D eigenvalue weighted by Crippen LogP contribution is -2.38. The van der Waals surface area contributed by atoms with Crippen LogP contribution in [0.3, 0.4) is 0 Å². The van der Waals surface area contributed by atoms with Crippen LogP contribution in [-0.2, 0) is 0 Å². The largest absolute Gasteiger partial charge is 0.490 e. The molecule has 0 saturated carbocycles. The summed E-state index contributed by atoms with van der Waals surface area (Å²) < 4.78 is 6.26. The van der Waals surface area contributed by atoms with Crippen molar-refractivity contribution in [3.05, 3.63) is 57.5 Å². The van der Waals surface area contributed by atoms with Gasteiger partial charge in [0.2, 0.25) is 0 Å². The summed E-state index contributed by atoms with van der Waals surface area (Å²) in [5.41, 5.74) is 1.39. The number of hydrogen-bond acceptors (Lipinski definition) is 2. The second kappa shape index (κ2) is 5.46. The van der Waals surface area contributed by atoms with Crippen molar-refractivity contribution in [2.45, 2.75) is 0 Å². The first-order chi connectivity index (χ1) is 9.66. The van der Waals surface area contributed by atoms with Gasteiger partial charge in [0.25, 0.3) is 5.91 Å². The number of nitrogens with zero attached hydrogens (tertiary/aromatic N) is 1. The molecular weight excluding hydrogens is 342 g/mol. The number of hydrogen-bond donors (Lipinski definition) is 0. The van der Waals surface area contributed by atoms with Crippen LogP contribution in [0.4, 0.5) is 5.69 Å². The second-order valence-corrected chi connectivity index (χ2v) is 5.69. The molecule has 20 heavy (non-hydrogen) atoms. The third kappa shape index (κ3) is 2.41. The molecule has 1 aliphatic heterocycles. The number of benzene rings is 2. The molecule has 2 aromatic rings. The summed E-state index contributed by atoms with van der Waals surface area (Å²) >= 11 is 9.30. The van der Waals surface area contributed by atoms with Crippen molar-refractivity contribution in [1.29, 1.82) is 0 Å². The van der Waals surface area contributed by atoms with E-state index in [1.165, 1.54) is 0 Å². The third-order valence-corrected chi connectivity index (χ3v) is 4.03. The van der Waals surface area contributed by atoms with Gasteiger partial charge in [-0.25, -0.2) is 0 Å². The number of anilines is 1. The van der Waals surface area contributed by atoms with Gasteiger partial charge in [-0.3, -0.25) is 4.79 Å². The van der Waals surface area contributed by atoms with Gasteiger partial charge in [-0.2, -0.15) is 0 Å². The smallest absolute Gasteiger partial charge is 0.259 e. The van der Waals surface area contributed by atoms with Crippen LogP contribution in [-0.4, -0.2) is 19.1 Å². The number of rotatable bonds is 1. The number of amides is 1. The predicted octanol–water partition coefficient (Wildman–Crippen LogP) is 4.14. The average molecular weight is 353 g/mol. The van der Waals surface area contributed by atoms with E-state index in [0.29, 0.717) is 28.2 Å². The van der Waals surface area contributed by atoms with Crippen molar-refractivity contribution in [1.82, 2.24) is 0 Å². The molecule has 0 aliphatic carbocycles. The maximum absolute atomic E-state index is 12.7. The van der Waals surface area contributed by atoms with Crippen molar-refractivity contribution < 1.29 is 9.53 Å². The van der Waals surface area contributed by atoms with Gasteiger partial charge in [-0.15, -0.1) is 0 Å². The highest BCUT2D eigenvalue weighted by Crippen LogP contribution is 2.33. The van der Waals surface area contributed by atoms with Gasteiger partial charge in [-0.05, 0) is 46.3 Å². The quantitative estimate of drug-likeness (QED) is 0.772. The predicted molar refractivity (Wildman–Crippen MR) is 82.8 cm³/mol. The van der Waals surface area contributed by atoms with Crippen molar-refractivity contribution >= 4 is 39.1 Å².